The first-order valence-corrected chi connectivity index (χ1v) is 7.15. The Kier molecular flexibility index (Phi) is 7.91. The van der Waals surface area contributed by atoms with Crippen LogP contribution in [-0.2, 0) is 4.74 Å². The summed E-state index contributed by atoms with van der Waals surface area (Å²) in [4.78, 5) is 13.4. The summed E-state index contributed by atoms with van der Waals surface area (Å²) < 4.78 is 4.97. The zero-order valence-electron chi connectivity index (χ0n) is 11.2. The van der Waals surface area contributed by atoms with E-state index in [1.807, 2.05) is 6.07 Å². The highest BCUT2D eigenvalue weighted by Gasteiger charge is 2.07. The van der Waals surface area contributed by atoms with Crippen LogP contribution in [0.1, 0.15) is 33.8 Å². The minimum absolute atomic E-state index is 0.0301. The number of methoxy groups -OCH3 is 1. The summed E-state index contributed by atoms with van der Waals surface area (Å²) in [6.07, 6.45) is 3.07. The number of nitrogens with two attached hydrogens (primary N) is 1. The topological polar surface area (TPSA) is 64.3 Å². The molecule has 1 amide bonds. The fourth-order valence-electron chi connectivity index (χ4n) is 1.50. The van der Waals surface area contributed by atoms with Crippen molar-refractivity contribution in [3.63, 3.8) is 0 Å². The van der Waals surface area contributed by atoms with Crippen LogP contribution in [0.2, 0.25) is 0 Å². The van der Waals surface area contributed by atoms with Gasteiger partial charge in [-0.15, -0.1) is 11.3 Å². The first-order chi connectivity index (χ1) is 9.27. The molecule has 4 nitrogen and oxygen atoms in total. The third-order valence-corrected chi connectivity index (χ3v) is 3.45. The molecule has 0 aliphatic carbocycles. The molecule has 3 N–H and O–H groups in total. The quantitative estimate of drug-likeness (QED) is 0.589. The highest BCUT2D eigenvalue weighted by Crippen LogP contribution is 2.15. The van der Waals surface area contributed by atoms with E-state index in [2.05, 4.69) is 17.2 Å². The van der Waals surface area contributed by atoms with Gasteiger partial charge in [-0.1, -0.05) is 11.8 Å². The minimum atomic E-state index is -0.0301. The first kappa shape index (κ1) is 15.7. The van der Waals surface area contributed by atoms with Crippen molar-refractivity contribution >= 4 is 17.2 Å². The van der Waals surface area contributed by atoms with Gasteiger partial charge in [-0.2, -0.15) is 0 Å². The summed E-state index contributed by atoms with van der Waals surface area (Å²) in [5, 5.41) is 2.90. The number of unbranched alkanes of at least 4 members (excludes halogenated alkanes) is 2. The average molecular weight is 280 g/mol. The van der Waals surface area contributed by atoms with Crippen molar-refractivity contribution < 1.29 is 9.53 Å². The summed E-state index contributed by atoms with van der Waals surface area (Å²) in [6.45, 7) is 1.81. The van der Waals surface area contributed by atoms with Crippen molar-refractivity contribution in [1.29, 1.82) is 0 Å². The summed E-state index contributed by atoms with van der Waals surface area (Å²) in [6, 6.07) is 3.65. The molecule has 0 saturated carbocycles. The number of amides is 1. The second kappa shape index (κ2) is 9.56. The van der Waals surface area contributed by atoms with Gasteiger partial charge in [0.1, 0.15) is 0 Å². The number of carbonyl (C=O) groups excluding carboxylic acids is 1. The summed E-state index contributed by atoms with van der Waals surface area (Å²) >= 11 is 1.39. The molecule has 0 fully saturated rings. The van der Waals surface area contributed by atoms with E-state index >= 15 is 0 Å². The van der Waals surface area contributed by atoms with Gasteiger partial charge in [0.15, 0.2) is 0 Å². The van der Waals surface area contributed by atoms with Crippen LogP contribution in [-0.4, -0.2) is 32.7 Å². The van der Waals surface area contributed by atoms with E-state index in [-0.39, 0.29) is 5.91 Å². The Morgan fingerprint density at radius 2 is 2.26 bits per heavy atom. The minimum Gasteiger partial charge on any atom is -0.385 e. The molecule has 0 aromatic carbocycles. The van der Waals surface area contributed by atoms with E-state index in [0.717, 1.165) is 30.7 Å². The van der Waals surface area contributed by atoms with E-state index < -0.39 is 0 Å². The van der Waals surface area contributed by atoms with Gasteiger partial charge in [0.05, 0.1) is 16.3 Å². The maximum absolute atomic E-state index is 11.8. The monoisotopic (exact) mass is 280 g/mol. The van der Waals surface area contributed by atoms with Crippen LogP contribution >= 0.6 is 11.3 Å². The molecular weight excluding hydrogens is 260 g/mol. The molecule has 1 rings (SSSR count). The lowest BCUT2D eigenvalue weighted by atomic mass is 10.2. The molecule has 0 saturated heterocycles. The molecular formula is C14H20N2O2S. The van der Waals surface area contributed by atoms with Gasteiger partial charge in [0, 0.05) is 20.3 Å². The van der Waals surface area contributed by atoms with Crippen molar-refractivity contribution in [2.45, 2.75) is 19.3 Å². The predicted molar refractivity (Wildman–Crippen MR) is 78.3 cm³/mol. The first-order valence-electron chi connectivity index (χ1n) is 6.34. The third-order valence-electron chi connectivity index (χ3n) is 2.45. The third kappa shape index (κ3) is 6.39. The smallest absolute Gasteiger partial charge is 0.261 e. The van der Waals surface area contributed by atoms with E-state index in [9.17, 15) is 4.79 Å². The van der Waals surface area contributed by atoms with Crippen LogP contribution in [0.25, 0.3) is 0 Å². The molecule has 0 radical (unpaired) electrons. The molecule has 1 heterocycles. The number of thiophene rings is 1. The van der Waals surface area contributed by atoms with Crippen molar-refractivity contribution in [2.75, 3.05) is 26.8 Å². The number of rotatable bonds is 7. The number of hydrogen-bond acceptors (Lipinski definition) is 4. The number of nitrogens with one attached hydrogen (secondary N) is 1. The van der Waals surface area contributed by atoms with Gasteiger partial charge in [-0.05, 0) is 31.4 Å². The van der Waals surface area contributed by atoms with Crippen LogP contribution in [0.4, 0.5) is 0 Å². The number of hydrogen-bond donors (Lipinski definition) is 2. The van der Waals surface area contributed by atoms with Crippen molar-refractivity contribution in [2.24, 2.45) is 5.73 Å². The fraction of sp³-hybridized carbons (Fsp3) is 0.500. The van der Waals surface area contributed by atoms with Crippen LogP contribution in [0.5, 0.6) is 0 Å². The highest BCUT2D eigenvalue weighted by molar-refractivity contribution is 7.14. The van der Waals surface area contributed by atoms with Crippen LogP contribution < -0.4 is 11.1 Å². The average Bonchev–Trinajstić information content (AvgIpc) is 2.89. The second-order valence-electron chi connectivity index (χ2n) is 3.98. The molecule has 19 heavy (non-hydrogen) atoms. The largest absolute Gasteiger partial charge is 0.385 e. The van der Waals surface area contributed by atoms with E-state index in [1.165, 1.54) is 11.3 Å². The second-order valence-corrected chi connectivity index (χ2v) is 5.06. The van der Waals surface area contributed by atoms with Gasteiger partial charge in [-0.25, -0.2) is 0 Å². The van der Waals surface area contributed by atoms with Gasteiger partial charge >= 0.3 is 0 Å². The van der Waals surface area contributed by atoms with Gasteiger partial charge in [0.25, 0.3) is 5.91 Å². The lowest BCUT2D eigenvalue weighted by Gasteiger charge is -2.03. The Bertz CT molecular complexity index is 446. The zero-order valence-corrected chi connectivity index (χ0v) is 12.0. The maximum atomic E-state index is 11.8. The molecule has 0 unspecified atom stereocenters. The normalized spacial score (nSPS) is 9.79. The molecule has 0 spiro atoms. The van der Waals surface area contributed by atoms with Crippen LogP contribution in [0.15, 0.2) is 12.1 Å². The maximum Gasteiger partial charge on any atom is 0.261 e. The Morgan fingerprint density at radius 1 is 1.42 bits per heavy atom. The van der Waals surface area contributed by atoms with E-state index in [1.54, 1.807) is 13.2 Å². The highest BCUT2D eigenvalue weighted by atomic mass is 32.1. The van der Waals surface area contributed by atoms with E-state index in [4.69, 9.17) is 10.5 Å². The van der Waals surface area contributed by atoms with Crippen LogP contribution in [0, 0.1) is 11.8 Å². The van der Waals surface area contributed by atoms with Gasteiger partial charge in [-0.3, -0.25) is 4.79 Å². The van der Waals surface area contributed by atoms with Crippen molar-refractivity contribution in [3.05, 3.63) is 21.9 Å². The Hall–Kier alpha value is -1.35. The standard InChI is InChI=1S/C14H20N2O2S/c1-18-11-4-2-3-10-16-14(17)13-8-7-12(19-13)6-5-9-15/h7-8H,2-4,9-11,15H2,1H3,(H,16,17). The Morgan fingerprint density at radius 3 is 3.00 bits per heavy atom. The van der Waals surface area contributed by atoms with Crippen molar-refractivity contribution in [3.8, 4) is 11.8 Å². The lowest BCUT2D eigenvalue weighted by molar-refractivity contribution is 0.0956. The SMILES string of the molecule is COCCCCCNC(=O)c1ccc(C#CCN)s1. The lowest BCUT2D eigenvalue weighted by Crippen LogP contribution is -2.23. The zero-order chi connectivity index (χ0) is 13.9. The fourth-order valence-corrected chi connectivity index (χ4v) is 2.30. The number of ether oxygens (including phenoxy) is 1. The van der Waals surface area contributed by atoms with Crippen LogP contribution in [0.3, 0.4) is 0 Å². The summed E-state index contributed by atoms with van der Waals surface area (Å²) in [5.41, 5.74) is 5.30. The molecule has 0 atom stereocenters. The molecule has 0 bridgehead atoms. The summed E-state index contributed by atoms with van der Waals surface area (Å²) in [7, 11) is 1.70. The van der Waals surface area contributed by atoms with Gasteiger partial charge < -0.3 is 15.8 Å². The molecule has 1 aromatic rings. The Balaban J connectivity index is 2.27. The molecule has 5 heteroatoms. The molecule has 104 valence electrons. The number of carbonyl (C=O) groups is 1. The molecule has 0 aliphatic rings. The van der Waals surface area contributed by atoms with E-state index in [0.29, 0.717) is 18.0 Å². The van der Waals surface area contributed by atoms with Crippen molar-refractivity contribution in [1.82, 2.24) is 5.32 Å². The predicted octanol–water partition coefficient (Wildman–Crippen LogP) is 1.60. The summed E-state index contributed by atoms with van der Waals surface area (Å²) in [5.74, 6) is 5.66. The molecule has 0 aliphatic heterocycles. The molecule has 1 aromatic heterocycles. The van der Waals surface area contributed by atoms with Gasteiger partial charge in [0.2, 0.25) is 0 Å². The Labute approximate surface area is 118 Å².